The molecule has 1 amide bonds. The Labute approximate surface area is 260 Å². The summed E-state index contributed by atoms with van der Waals surface area (Å²) >= 11 is 0. The molecule has 0 bridgehead atoms. The monoisotopic (exact) mass is 615 g/mol. The molecule has 0 saturated heterocycles. The second kappa shape index (κ2) is 13.1. The number of imidazole rings is 1. The van der Waals surface area contributed by atoms with Crippen molar-refractivity contribution in [2.45, 2.75) is 49.8 Å². The first-order valence-corrected chi connectivity index (χ1v) is 15.0. The smallest absolute Gasteiger partial charge is 0.247 e. The van der Waals surface area contributed by atoms with Crippen LogP contribution in [0.4, 0.5) is 8.78 Å². The van der Waals surface area contributed by atoms with E-state index >= 15 is 8.78 Å². The maximum absolute atomic E-state index is 16.3. The summed E-state index contributed by atoms with van der Waals surface area (Å²) in [6, 6.07) is 18.2. The van der Waals surface area contributed by atoms with Crippen LogP contribution in [0.3, 0.4) is 0 Å². The van der Waals surface area contributed by atoms with Crippen molar-refractivity contribution in [3.05, 3.63) is 119 Å². The van der Waals surface area contributed by atoms with Gasteiger partial charge < -0.3 is 28.8 Å². The molecule has 1 aromatic heterocycles. The van der Waals surface area contributed by atoms with Crippen molar-refractivity contribution >= 4 is 5.91 Å². The summed E-state index contributed by atoms with van der Waals surface area (Å²) in [5, 5.41) is 3.18. The molecular formula is C35H35F2N3O5. The van der Waals surface area contributed by atoms with Crippen molar-refractivity contribution in [2.24, 2.45) is 0 Å². The molecule has 1 fully saturated rings. The van der Waals surface area contributed by atoms with E-state index in [2.05, 4.69) is 10.3 Å². The van der Waals surface area contributed by atoms with Gasteiger partial charge in [-0.1, -0.05) is 61.4 Å². The van der Waals surface area contributed by atoms with Gasteiger partial charge in [0.1, 0.15) is 23.9 Å². The third-order valence-corrected chi connectivity index (χ3v) is 8.60. The van der Waals surface area contributed by atoms with E-state index in [1.807, 2.05) is 30.3 Å². The summed E-state index contributed by atoms with van der Waals surface area (Å²) in [6.45, 7) is -0.0518. The predicted molar refractivity (Wildman–Crippen MR) is 163 cm³/mol. The number of methoxy groups -OCH3 is 2. The molecule has 0 radical (unpaired) electrons. The van der Waals surface area contributed by atoms with Crippen molar-refractivity contribution in [1.29, 1.82) is 0 Å². The van der Waals surface area contributed by atoms with Crippen LogP contribution in [-0.4, -0.2) is 42.5 Å². The minimum absolute atomic E-state index is 0.0325. The summed E-state index contributed by atoms with van der Waals surface area (Å²) in [7, 11) is 3.05. The molecule has 45 heavy (non-hydrogen) atoms. The first-order chi connectivity index (χ1) is 21.9. The van der Waals surface area contributed by atoms with E-state index in [-0.39, 0.29) is 42.1 Å². The van der Waals surface area contributed by atoms with Crippen LogP contribution in [0.25, 0.3) is 11.4 Å². The summed E-state index contributed by atoms with van der Waals surface area (Å²) < 4.78 is 55.9. The van der Waals surface area contributed by atoms with Crippen LogP contribution < -0.4 is 10.1 Å². The maximum Gasteiger partial charge on any atom is 0.247 e. The minimum atomic E-state index is -1.43. The molecule has 1 aliphatic carbocycles. The van der Waals surface area contributed by atoms with E-state index in [1.165, 1.54) is 25.6 Å². The van der Waals surface area contributed by atoms with Crippen LogP contribution in [0.15, 0.2) is 91.1 Å². The molecule has 234 valence electrons. The molecule has 6 rings (SSSR count). The zero-order valence-electron chi connectivity index (χ0n) is 25.2. The molecule has 2 heterocycles. The van der Waals surface area contributed by atoms with Crippen LogP contribution in [0, 0.1) is 11.6 Å². The maximum atomic E-state index is 16.3. The molecule has 1 saturated carbocycles. The van der Waals surface area contributed by atoms with E-state index in [4.69, 9.17) is 18.9 Å². The summed E-state index contributed by atoms with van der Waals surface area (Å²) in [5.41, 5.74) is 0.173. The van der Waals surface area contributed by atoms with Crippen LogP contribution in [0.5, 0.6) is 5.75 Å². The van der Waals surface area contributed by atoms with Crippen molar-refractivity contribution in [2.75, 3.05) is 21.0 Å². The normalized spacial score (nSPS) is 16.8. The zero-order valence-corrected chi connectivity index (χ0v) is 25.2. The number of carbonyl (C=O) groups excluding carboxylic acids is 1. The number of amides is 1. The highest BCUT2D eigenvalue weighted by atomic mass is 19.2. The average molecular weight is 616 g/mol. The number of hydrogen-bond acceptors (Lipinski definition) is 6. The summed E-state index contributed by atoms with van der Waals surface area (Å²) in [4.78, 5) is 18.6. The van der Waals surface area contributed by atoms with Gasteiger partial charge >= 0.3 is 0 Å². The van der Waals surface area contributed by atoms with Crippen LogP contribution in [-0.2, 0) is 31.0 Å². The van der Waals surface area contributed by atoms with Gasteiger partial charge in [0.05, 0.1) is 12.7 Å². The highest BCUT2D eigenvalue weighted by Gasteiger charge is 2.45. The third kappa shape index (κ3) is 5.90. The molecule has 0 spiro atoms. The Morgan fingerprint density at radius 2 is 1.82 bits per heavy atom. The third-order valence-electron chi connectivity index (χ3n) is 8.60. The fourth-order valence-corrected chi connectivity index (χ4v) is 6.33. The minimum Gasteiger partial charge on any atom is -0.497 e. The Kier molecular flexibility index (Phi) is 8.84. The Hall–Kier alpha value is -4.70. The number of nitrogens with one attached hydrogen (secondary N) is 1. The molecule has 1 N–H and O–H groups in total. The van der Waals surface area contributed by atoms with Gasteiger partial charge in [0.15, 0.2) is 23.0 Å². The Morgan fingerprint density at radius 1 is 1.07 bits per heavy atom. The van der Waals surface area contributed by atoms with Gasteiger partial charge in [0.2, 0.25) is 12.7 Å². The number of aromatic nitrogens is 2. The molecule has 2 aliphatic rings. The second-order valence-corrected chi connectivity index (χ2v) is 11.2. The standard InChI is InChI=1S/C35H35F2N3O5/c1-42-26-14-12-24(13-15-26)32(34(41)39-25-10-6-7-11-25)40-19-18-38-33(40)30-27(16-17-28(36)31(30)37)35(43-2,29-21-44-22-45-29)20-23-8-4-3-5-9-23/h3-5,8-9,12-19,21,25,32H,6-7,10-11,20,22H2,1-2H3,(H,39,41). The van der Waals surface area contributed by atoms with Crippen LogP contribution in [0.2, 0.25) is 0 Å². The first-order valence-electron chi connectivity index (χ1n) is 15.0. The number of hydrogen-bond donors (Lipinski definition) is 1. The molecular weight excluding hydrogens is 580 g/mol. The van der Waals surface area contributed by atoms with E-state index < -0.39 is 23.3 Å². The Bertz CT molecular complexity index is 1670. The lowest BCUT2D eigenvalue weighted by Crippen LogP contribution is -2.39. The summed E-state index contributed by atoms with van der Waals surface area (Å²) in [5.74, 6) is -1.50. The SMILES string of the molecule is COc1ccc(C(C(=O)NC2CCCC2)n2ccnc2-c2c(C(Cc3ccccc3)(OC)C3=COCO3)ccc(F)c2F)cc1. The molecule has 10 heteroatoms. The van der Waals surface area contributed by atoms with Gasteiger partial charge in [-0.05, 0) is 42.2 Å². The van der Waals surface area contributed by atoms with Gasteiger partial charge in [-0.3, -0.25) is 4.79 Å². The van der Waals surface area contributed by atoms with Crippen molar-refractivity contribution < 1.29 is 32.5 Å². The Morgan fingerprint density at radius 3 is 2.49 bits per heavy atom. The lowest BCUT2D eigenvalue weighted by Gasteiger charge is -2.34. The van der Waals surface area contributed by atoms with Gasteiger partial charge in [-0.25, -0.2) is 13.8 Å². The van der Waals surface area contributed by atoms with Gasteiger partial charge in [0, 0.05) is 37.5 Å². The topological polar surface area (TPSA) is 83.8 Å². The molecule has 4 aromatic rings. The second-order valence-electron chi connectivity index (χ2n) is 11.2. The number of nitrogens with zero attached hydrogens (tertiary/aromatic N) is 2. The zero-order chi connectivity index (χ0) is 31.4. The number of halogens is 2. The van der Waals surface area contributed by atoms with E-state index in [9.17, 15) is 4.79 Å². The Balaban J connectivity index is 1.54. The van der Waals surface area contributed by atoms with Gasteiger partial charge in [0.25, 0.3) is 0 Å². The van der Waals surface area contributed by atoms with Crippen LogP contribution >= 0.6 is 0 Å². The van der Waals surface area contributed by atoms with Crippen molar-refractivity contribution in [3.63, 3.8) is 0 Å². The predicted octanol–water partition coefficient (Wildman–Crippen LogP) is 6.42. The van der Waals surface area contributed by atoms with E-state index in [0.29, 0.717) is 17.1 Å². The average Bonchev–Trinajstić information content (AvgIpc) is 3.87. The van der Waals surface area contributed by atoms with Crippen LogP contribution in [0.1, 0.15) is 48.4 Å². The van der Waals surface area contributed by atoms with Gasteiger partial charge in [-0.2, -0.15) is 0 Å². The number of carbonyl (C=O) groups is 1. The van der Waals surface area contributed by atoms with E-state index in [0.717, 1.165) is 37.3 Å². The van der Waals surface area contributed by atoms with Gasteiger partial charge in [-0.15, -0.1) is 0 Å². The molecule has 2 atom stereocenters. The van der Waals surface area contributed by atoms with E-state index in [1.54, 1.807) is 42.1 Å². The fourth-order valence-electron chi connectivity index (χ4n) is 6.33. The fraction of sp³-hybridized carbons (Fsp3) is 0.314. The number of rotatable bonds is 11. The lowest BCUT2D eigenvalue weighted by molar-refractivity contribution is -0.123. The first kappa shape index (κ1) is 30.3. The summed E-state index contributed by atoms with van der Waals surface area (Å²) in [6.07, 6.45) is 8.56. The molecule has 1 aliphatic heterocycles. The van der Waals surface area contributed by atoms with Crippen molar-refractivity contribution in [1.82, 2.24) is 14.9 Å². The quantitative estimate of drug-likeness (QED) is 0.210. The molecule has 8 nitrogen and oxygen atoms in total. The highest BCUT2D eigenvalue weighted by molar-refractivity contribution is 5.85. The number of ether oxygens (including phenoxy) is 4. The molecule has 3 aromatic carbocycles. The van der Waals surface area contributed by atoms with Crippen molar-refractivity contribution in [3.8, 4) is 17.1 Å². The largest absolute Gasteiger partial charge is 0.497 e. The lowest BCUT2D eigenvalue weighted by atomic mass is 9.82. The number of benzene rings is 3. The highest BCUT2D eigenvalue weighted by Crippen LogP contribution is 2.45. The molecule has 2 unspecified atom stereocenters.